The third-order valence-corrected chi connectivity index (χ3v) is 3.60. The Morgan fingerprint density at radius 2 is 2.06 bits per heavy atom. The zero-order valence-electron chi connectivity index (χ0n) is 11.1. The molecule has 0 saturated heterocycles. The van der Waals surface area contributed by atoms with Crippen molar-refractivity contribution in [2.75, 3.05) is 6.54 Å². The molecule has 0 aliphatic heterocycles. The highest BCUT2D eigenvalue weighted by Gasteiger charge is 2.01. The maximum Gasteiger partial charge on any atom is 0.0481 e. The van der Waals surface area contributed by atoms with Crippen molar-refractivity contribution < 1.29 is 0 Å². The van der Waals surface area contributed by atoms with Crippen molar-refractivity contribution in [2.45, 2.75) is 39.3 Å². The zero-order valence-corrected chi connectivity index (χ0v) is 12.7. The summed E-state index contributed by atoms with van der Waals surface area (Å²) in [7, 11) is 0. The molecule has 0 bridgehead atoms. The minimum atomic E-state index is 0.592. The van der Waals surface area contributed by atoms with Crippen molar-refractivity contribution in [3.8, 4) is 0 Å². The van der Waals surface area contributed by atoms with Crippen LogP contribution in [0.2, 0.25) is 0 Å². The SMILES string of the molecule is CC(C)NCCCCn1ccc2cc(Br)ccc21. The van der Waals surface area contributed by atoms with Gasteiger partial charge in [-0.05, 0) is 43.7 Å². The Hall–Kier alpha value is -0.800. The molecule has 2 nitrogen and oxygen atoms in total. The van der Waals surface area contributed by atoms with Gasteiger partial charge < -0.3 is 9.88 Å². The summed E-state index contributed by atoms with van der Waals surface area (Å²) >= 11 is 3.51. The van der Waals surface area contributed by atoms with Crippen LogP contribution in [-0.4, -0.2) is 17.2 Å². The smallest absolute Gasteiger partial charge is 0.0481 e. The summed E-state index contributed by atoms with van der Waals surface area (Å²) in [6.07, 6.45) is 4.64. The summed E-state index contributed by atoms with van der Waals surface area (Å²) < 4.78 is 3.49. The molecule has 0 aliphatic carbocycles. The molecule has 1 N–H and O–H groups in total. The van der Waals surface area contributed by atoms with E-state index in [1.807, 2.05) is 0 Å². The number of fused-ring (bicyclic) bond motifs is 1. The van der Waals surface area contributed by atoms with Crippen LogP contribution in [0.3, 0.4) is 0 Å². The molecule has 1 aromatic heterocycles. The van der Waals surface area contributed by atoms with Gasteiger partial charge in [-0.15, -0.1) is 0 Å². The monoisotopic (exact) mass is 308 g/mol. The first-order valence-electron chi connectivity index (χ1n) is 6.64. The van der Waals surface area contributed by atoms with Crippen LogP contribution in [0.1, 0.15) is 26.7 Å². The maximum atomic E-state index is 3.51. The van der Waals surface area contributed by atoms with E-state index < -0.39 is 0 Å². The molecule has 0 unspecified atom stereocenters. The lowest BCUT2D eigenvalue weighted by Crippen LogP contribution is -2.23. The number of halogens is 1. The summed E-state index contributed by atoms with van der Waals surface area (Å²) in [5, 5.41) is 4.76. The van der Waals surface area contributed by atoms with E-state index in [4.69, 9.17) is 0 Å². The second-order valence-electron chi connectivity index (χ2n) is 5.03. The lowest BCUT2D eigenvalue weighted by molar-refractivity contribution is 0.535. The predicted molar refractivity (Wildman–Crippen MR) is 82.0 cm³/mol. The molecule has 2 aromatic rings. The molecule has 0 atom stereocenters. The van der Waals surface area contributed by atoms with Crippen molar-refractivity contribution in [1.82, 2.24) is 9.88 Å². The third kappa shape index (κ3) is 3.59. The number of nitrogens with one attached hydrogen (secondary N) is 1. The minimum Gasteiger partial charge on any atom is -0.347 e. The van der Waals surface area contributed by atoms with Crippen LogP contribution in [-0.2, 0) is 6.54 Å². The van der Waals surface area contributed by atoms with Gasteiger partial charge in [0.1, 0.15) is 0 Å². The quantitative estimate of drug-likeness (QED) is 0.792. The molecule has 1 heterocycles. The highest BCUT2D eigenvalue weighted by molar-refractivity contribution is 9.10. The summed E-state index contributed by atoms with van der Waals surface area (Å²) in [5.74, 6) is 0. The highest BCUT2D eigenvalue weighted by atomic mass is 79.9. The van der Waals surface area contributed by atoms with E-state index in [2.05, 4.69) is 70.1 Å². The highest BCUT2D eigenvalue weighted by Crippen LogP contribution is 2.21. The molecule has 0 saturated carbocycles. The van der Waals surface area contributed by atoms with Gasteiger partial charge in [0.15, 0.2) is 0 Å². The number of hydrogen-bond acceptors (Lipinski definition) is 1. The molecule has 0 aliphatic rings. The van der Waals surface area contributed by atoms with E-state index in [0.29, 0.717) is 6.04 Å². The number of benzene rings is 1. The second kappa shape index (κ2) is 6.39. The molecular formula is C15H21BrN2. The Labute approximate surface area is 118 Å². The first-order valence-corrected chi connectivity index (χ1v) is 7.44. The topological polar surface area (TPSA) is 17.0 Å². The summed E-state index contributed by atoms with van der Waals surface area (Å²) in [6.45, 7) is 6.60. The largest absolute Gasteiger partial charge is 0.347 e. The Kier molecular flexibility index (Phi) is 4.84. The van der Waals surface area contributed by atoms with E-state index in [-0.39, 0.29) is 0 Å². The molecule has 3 heteroatoms. The minimum absolute atomic E-state index is 0.592. The van der Waals surface area contributed by atoms with Crippen molar-refractivity contribution in [2.24, 2.45) is 0 Å². The maximum absolute atomic E-state index is 3.51. The molecule has 0 radical (unpaired) electrons. The Morgan fingerprint density at radius 1 is 1.22 bits per heavy atom. The van der Waals surface area contributed by atoms with Crippen LogP contribution in [0.15, 0.2) is 34.9 Å². The molecule has 2 rings (SSSR count). The van der Waals surface area contributed by atoms with Crippen LogP contribution >= 0.6 is 15.9 Å². The Morgan fingerprint density at radius 3 is 2.83 bits per heavy atom. The van der Waals surface area contributed by atoms with Crippen LogP contribution < -0.4 is 5.32 Å². The van der Waals surface area contributed by atoms with Crippen LogP contribution in [0.4, 0.5) is 0 Å². The number of hydrogen-bond donors (Lipinski definition) is 1. The van der Waals surface area contributed by atoms with Crippen molar-refractivity contribution in [3.63, 3.8) is 0 Å². The number of nitrogens with zero attached hydrogens (tertiary/aromatic N) is 1. The van der Waals surface area contributed by atoms with Gasteiger partial charge in [-0.3, -0.25) is 0 Å². The molecule has 0 fully saturated rings. The molecule has 0 amide bonds. The average Bonchev–Trinajstić information content (AvgIpc) is 2.70. The normalized spacial score (nSPS) is 11.6. The van der Waals surface area contributed by atoms with Gasteiger partial charge in [-0.1, -0.05) is 29.8 Å². The standard InChI is InChI=1S/C15H21BrN2/c1-12(2)17-8-3-4-9-18-10-7-13-11-14(16)5-6-15(13)18/h5-7,10-12,17H,3-4,8-9H2,1-2H3. The first-order chi connectivity index (χ1) is 8.66. The van der Waals surface area contributed by atoms with Gasteiger partial charge in [0.2, 0.25) is 0 Å². The summed E-state index contributed by atoms with van der Waals surface area (Å²) in [5.41, 5.74) is 1.33. The molecular weight excluding hydrogens is 288 g/mol. The van der Waals surface area contributed by atoms with Crippen LogP contribution in [0, 0.1) is 0 Å². The van der Waals surface area contributed by atoms with Crippen LogP contribution in [0.5, 0.6) is 0 Å². The van der Waals surface area contributed by atoms with Gasteiger partial charge >= 0.3 is 0 Å². The second-order valence-corrected chi connectivity index (χ2v) is 5.94. The molecule has 1 aromatic carbocycles. The van der Waals surface area contributed by atoms with E-state index in [1.165, 1.54) is 23.7 Å². The van der Waals surface area contributed by atoms with E-state index in [1.54, 1.807) is 0 Å². The first kappa shape index (κ1) is 13.6. The van der Waals surface area contributed by atoms with Gasteiger partial charge in [-0.2, -0.15) is 0 Å². The zero-order chi connectivity index (χ0) is 13.0. The third-order valence-electron chi connectivity index (χ3n) is 3.11. The lowest BCUT2D eigenvalue weighted by Gasteiger charge is -2.08. The van der Waals surface area contributed by atoms with Gasteiger partial charge in [0.25, 0.3) is 0 Å². The molecule has 98 valence electrons. The summed E-state index contributed by atoms with van der Waals surface area (Å²) in [6, 6.07) is 9.25. The van der Waals surface area contributed by atoms with Crippen molar-refractivity contribution in [3.05, 3.63) is 34.9 Å². The number of rotatable bonds is 6. The fourth-order valence-electron chi connectivity index (χ4n) is 2.16. The lowest BCUT2D eigenvalue weighted by atomic mass is 10.2. The fourth-order valence-corrected chi connectivity index (χ4v) is 2.54. The number of aryl methyl sites for hydroxylation is 1. The Bertz CT molecular complexity index is 502. The number of aromatic nitrogens is 1. The van der Waals surface area contributed by atoms with Gasteiger partial charge in [0.05, 0.1) is 0 Å². The average molecular weight is 309 g/mol. The van der Waals surface area contributed by atoms with Crippen molar-refractivity contribution in [1.29, 1.82) is 0 Å². The van der Waals surface area contributed by atoms with E-state index >= 15 is 0 Å². The van der Waals surface area contributed by atoms with Gasteiger partial charge in [0, 0.05) is 34.2 Å². The fraction of sp³-hybridized carbons (Fsp3) is 0.467. The van der Waals surface area contributed by atoms with E-state index in [9.17, 15) is 0 Å². The Balaban J connectivity index is 1.88. The summed E-state index contributed by atoms with van der Waals surface area (Å²) in [4.78, 5) is 0. The van der Waals surface area contributed by atoms with E-state index in [0.717, 1.165) is 17.6 Å². The van der Waals surface area contributed by atoms with Crippen LogP contribution in [0.25, 0.3) is 10.9 Å². The molecule has 18 heavy (non-hydrogen) atoms. The van der Waals surface area contributed by atoms with Crippen molar-refractivity contribution >= 4 is 26.8 Å². The molecule has 0 spiro atoms. The van der Waals surface area contributed by atoms with Gasteiger partial charge in [-0.25, -0.2) is 0 Å². The number of unbranched alkanes of at least 4 members (excludes halogenated alkanes) is 1. The predicted octanol–water partition coefficient (Wildman–Crippen LogP) is 4.18.